The molecule has 0 spiro atoms. The van der Waals surface area contributed by atoms with E-state index < -0.39 is 0 Å². The fraction of sp³-hybridized carbons (Fsp3) is 0.292. The number of hydrogen-bond acceptors (Lipinski definition) is 4. The van der Waals surface area contributed by atoms with Gasteiger partial charge in [-0.3, -0.25) is 0 Å². The highest BCUT2D eigenvalue weighted by Gasteiger charge is 2.58. The first kappa shape index (κ1) is 33.0. The third-order valence-electron chi connectivity index (χ3n) is 13.3. The van der Waals surface area contributed by atoms with Crippen LogP contribution in [0.5, 0.6) is 0 Å². The SMILES string of the molecule is CCC12c3cccc(c3C)-c3ccccc3N(C3Cc4cccc[n+]4C3C)CCN(c3ccccc3N3c4ccccc4NC3C)C1Cc1cccc[n+]12. The predicted octanol–water partition coefficient (Wildman–Crippen LogP) is 8.74. The first-order valence-electron chi connectivity index (χ1n) is 19.9. The Morgan fingerprint density at radius 2 is 1.31 bits per heavy atom. The molecule has 6 heterocycles. The van der Waals surface area contributed by atoms with Crippen LogP contribution in [-0.2, 0) is 18.4 Å². The number of para-hydroxylation sites is 5. The van der Waals surface area contributed by atoms with Gasteiger partial charge in [0.1, 0.15) is 18.2 Å². The van der Waals surface area contributed by atoms with Gasteiger partial charge in [0.15, 0.2) is 29.8 Å². The lowest BCUT2D eigenvalue weighted by molar-refractivity contribution is -0.749. The third kappa shape index (κ3) is 4.78. The average Bonchev–Trinajstić information content (AvgIpc) is 3.85. The Kier molecular flexibility index (Phi) is 7.79. The van der Waals surface area contributed by atoms with Crippen LogP contribution in [0, 0.1) is 6.92 Å². The summed E-state index contributed by atoms with van der Waals surface area (Å²) in [4.78, 5) is 8.12. The van der Waals surface area contributed by atoms with Crippen LogP contribution in [0.15, 0.2) is 140 Å². The molecule has 6 nitrogen and oxygen atoms in total. The van der Waals surface area contributed by atoms with Crippen molar-refractivity contribution < 1.29 is 9.13 Å². The fourth-order valence-electron chi connectivity index (χ4n) is 10.9. The summed E-state index contributed by atoms with van der Waals surface area (Å²) in [6, 6.07) is 48.6. The second-order valence-corrected chi connectivity index (χ2v) is 15.7. The highest BCUT2D eigenvalue weighted by atomic mass is 15.4. The Bertz CT molecular complexity index is 2390. The summed E-state index contributed by atoms with van der Waals surface area (Å²) in [7, 11) is 0. The van der Waals surface area contributed by atoms with E-state index in [0.29, 0.717) is 12.1 Å². The van der Waals surface area contributed by atoms with Crippen LogP contribution in [0.3, 0.4) is 0 Å². The molecular formula is C48H50N6+2. The quantitative estimate of drug-likeness (QED) is 0.186. The van der Waals surface area contributed by atoms with Crippen LogP contribution < -0.4 is 29.2 Å². The summed E-state index contributed by atoms with van der Waals surface area (Å²) >= 11 is 0. The summed E-state index contributed by atoms with van der Waals surface area (Å²) in [6.45, 7) is 11.3. The molecule has 6 aromatic rings. The molecule has 0 aliphatic carbocycles. The molecule has 0 radical (unpaired) electrons. The van der Waals surface area contributed by atoms with Gasteiger partial charge in [-0.25, -0.2) is 0 Å². The van der Waals surface area contributed by atoms with E-state index in [4.69, 9.17) is 0 Å². The lowest BCUT2D eigenvalue weighted by Gasteiger charge is -2.42. The molecule has 2 aromatic heterocycles. The molecule has 10 rings (SSSR count). The summed E-state index contributed by atoms with van der Waals surface area (Å²) in [5.74, 6) is 0. The molecule has 0 saturated carbocycles. The molecule has 4 aliphatic rings. The van der Waals surface area contributed by atoms with E-state index in [-0.39, 0.29) is 17.7 Å². The van der Waals surface area contributed by atoms with Crippen molar-refractivity contribution in [2.45, 2.75) is 76.8 Å². The number of anilines is 5. The number of nitrogens with one attached hydrogen (secondary N) is 1. The monoisotopic (exact) mass is 710 g/mol. The maximum atomic E-state index is 3.78. The predicted molar refractivity (Wildman–Crippen MR) is 220 cm³/mol. The van der Waals surface area contributed by atoms with E-state index >= 15 is 0 Å². The minimum absolute atomic E-state index is 0.121. The molecule has 5 unspecified atom stereocenters. The second kappa shape index (κ2) is 12.8. The number of pyridine rings is 2. The largest absolute Gasteiger partial charge is 0.363 e. The first-order chi connectivity index (χ1) is 26.5. The van der Waals surface area contributed by atoms with E-state index in [2.05, 4.69) is 197 Å². The zero-order valence-electron chi connectivity index (χ0n) is 31.9. The van der Waals surface area contributed by atoms with Crippen molar-refractivity contribution in [3.8, 4) is 11.1 Å². The van der Waals surface area contributed by atoms with Gasteiger partial charge in [0.05, 0.1) is 35.6 Å². The molecule has 4 aliphatic heterocycles. The van der Waals surface area contributed by atoms with E-state index in [0.717, 1.165) is 32.4 Å². The number of nitrogens with zero attached hydrogens (tertiary/aromatic N) is 5. The smallest absolute Gasteiger partial charge is 0.213 e. The highest BCUT2D eigenvalue weighted by Crippen LogP contribution is 2.49. The standard InChI is InChI=1S/C48H50N6/c1-5-48-40-21-16-20-38(33(40)2)39-19-6-8-23-42(39)51(46-31-36-17-12-14-27-50(36)34(46)3)29-30-52(47(48)32-37-18-13-15-28-53(37)48)44-25-10-11-26-45(44)54-35(4)49-41-22-7-9-24-43(41)54/h6-28,34-35,46-47,49H,5,29-32H2,1-4H3/q+2. The molecule has 0 amide bonds. The van der Waals surface area contributed by atoms with Gasteiger partial charge in [0.2, 0.25) is 5.54 Å². The molecule has 0 fully saturated rings. The maximum Gasteiger partial charge on any atom is 0.213 e. The van der Waals surface area contributed by atoms with Crippen LogP contribution in [0.2, 0.25) is 0 Å². The molecule has 2 bridgehead atoms. The van der Waals surface area contributed by atoms with Crippen molar-refractivity contribution in [3.05, 3.63) is 162 Å². The highest BCUT2D eigenvalue weighted by molar-refractivity contribution is 5.88. The summed E-state index contributed by atoms with van der Waals surface area (Å²) in [5.41, 5.74) is 14.3. The Labute approximate surface area is 319 Å². The van der Waals surface area contributed by atoms with Crippen LogP contribution in [-0.4, -0.2) is 31.3 Å². The van der Waals surface area contributed by atoms with Crippen LogP contribution in [0.25, 0.3) is 11.1 Å². The van der Waals surface area contributed by atoms with Crippen LogP contribution >= 0.6 is 0 Å². The number of hydrogen-bond donors (Lipinski definition) is 1. The zero-order valence-corrected chi connectivity index (χ0v) is 31.9. The Hall–Kier alpha value is -5.62. The number of rotatable bonds is 4. The maximum absolute atomic E-state index is 3.78. The molecule has 4 aromatic carbocycles. The summed E-state index contributed by atoms with van der Waals surface area (Å²) in [5, 5.41) is 3.78. The van der Waals surface area contributed by atoms with Crippen molar-refractivity contribution in [1.29, 1.82) is 0 Å². The van der Waals surface area contributed by atoms with Gasteiger partial charge in [-0.05, 0) is 62.2 Å². The number of fused-ring (bicyclic) bond motifs is 10. The van der Waals surface area contributed by atoms with Crippen molar-refractivity contribution >= 4 is 28.4 Å². The topological polar surface area (TPSA) is 29.5 Å². The number of benzene rings is 4. The Morgan fingerprint density at radius 1 is 0.648 bits per heavy atom. The average molecular weight is 711 g/mol. The van der Waals surface area contributed by atoms with Gasteiger partial charge in [-0.1, -0.05) is 79.7 Å². The molecule has 5 atom stereocenters. The molecule has 270 valence electrons. The van der Waals surface area contributed by atoms with Crippen molar-refractivity contribution in [1.82, 2.24) is 0 Å². The van der Waals surface area contributed by atoms with Crippen molar-refractivity contribution in [3.63, 3.8) is 0 Å². The summed E-state index contributed by atoms with van der Waals surface area (Å²) < 4.78 is 5.14. The summed E-state index contributed by atoms with van der Waals surface area (Å²) in [6.07, 6.45) is 7.71. The zero-order chi connectivity index (χ0) is 36.6. The van der Waals surface area contributed by atoms with E-state index in [1.165, 1.54) is 62.1 Å². The lowest BCUT2D eigenvalue weighted by atomic mass is 9.76. The van der Waals surface area contributed by atoms with Gasteiger partial charge in [-0.15, -0.1) is 0 Å². The van der Waals surface area contributed by atoms with Crippen LogP contribution in [0.1, 0.15) is 55.7 Å². The van der Waals surface area contributed by atoms with E-state index in [1.54, 1.807) is 0 Å². The minimum atomic E-state index is -0.284. The van der Waals surface area contributed by atoms with Gasteiger partial charge >= 0.3 is 0 Å². The second-order valence-electron chi connectivity index (χ2n) is 15.7. The fourth-order valence-corrected chi connectivity index (χ4v) is 10.9. The lowest BCUT2D eigenvalue weighted by Crippen LogP contribution is -2.64. The van der Waals surface area contributed by atoms with E-state index in [9.17, 15) is 0 Å². The van der Waals surface area contributed by atoms with E-state index in [1.807, 2.05) is 0 Å². The third-order valence-corrected chi connectivity index (χ3v) is 13.3. The van der Waals surface area contributed by atoms with Gasteiger partial charge < -0.3 is 20.0 Å². The van der Waals surface area contributed by atoms with Gasteiger partial charge in [-0.2, -0.15) is 9.13 Å². The molecule has 54 heavy (non-hydrogen) atoms. The van der Waals surface area contributed by atoms with Gasteiger partial charge in [0, 0.05) is 60.6 Å². The van der Waals surface area contributed by atoms with Crippen molar-refractivity contribution in [2.75, 3.05) is 33.1 Å². The normalized spacial score (nSPS) is 23.8. The van der Waals surface area contributed by atoms with Gasteiger partial charge in [0.25, 0.3) is 0 Å². The molecule has 6 heteroatoms. The first-order valence-corrected chi connectivity index (χ1v) is 19.9. The molecule has 0 saturated heterocycles. The Morgan fingerprint density at radius 3 is 2.13 bits per heavy atom. The Balaban J connectivity index is 1.22. The van der Waals surface area contributed by atoms with Crippen LogP contribution in [0.4, 0.5) is 28.4 Å². The molecular weight excluding hydrogens is 661 g/mol. The molecule has 1 N–H and O–H groups in total. The minimum Gasteiger partial charge on any atom is -0.363 e. The van der Waals surface area contributed by atoms with Crippen molar-refractivity contribution in [2.24, 2.45) is 0 Å². The number of aromatic nitrogens is 2.